The first-order chi connectivity index (χ1) is 17.3. The highest BCUT2D eigenvalue weighted by Crippen LogP contribution is 2.34. The number of aromatic nitrogens is 4. The molecule has 4 rings (SSSR count). The van der Waals surface area contributed by atoms with E-state index in [9.17, 15) is 31.6 Å². The lowest BCUT2D eigenvalue weighted by Crippen LogP contribution is -2.44. The number of sulfonamides is 1. The van der Waals surface area contributed by atoms with Crippen molar-refractivity contribution < 1.29 is 26.4 Å². The lowest BCUT2D eigenvalue weighted by atomic mass is 9.77. The molecular weight excluding hydrogens is 509 g/mol. The Hall–Kier alpha value is -3.63. The van der Waals surface area contributed by atoms with Crippen LogP contribution in [0.15, 0.2) is 42.9 Å². The van der Waals surface area contributed by atoms with E-state index in [1.54, 1.807) is 19.1 Å². The van der Waals surface area contributed by atoms with Crippen LogP contribution < -0.4 is 0 Å². The molecular formula is C24H23F3N6O3S. The summed E-state index contributed by atoms with van der Waals surface area (Å²) in [6.07, 6.45) is 0.853. The Balaban J connectivity index is 1.47. The Labute approximate surface area is 211 Å². The maximum atomic E-state index is 12.9. The molecule has 0 spiro atoms. The van der Waals surface area contributed by atoms with Crippen LogP contribution in [0.4, 0.5) is 13.2 Å². The Morgan fingerprint density at radius 2 is 1.81 bits per heavy atom. The molecule has 0 amide bonds. The summed E-state index contributed by atoms with van der Waals surface area (Å²) in [6.45, 7) is 2.08. The molecule has 4 heterocycles. The third-order valence-electron chi connectivity index (χ3n) is 6.54. The minimum atomic E-state index is -4.50. The summed E-state index contributed by atoms with van der Waals surface area (Å²) in [5, 5.41) is 14.0. The van der Waals surface area contributed by atoms with Crippen LogP contribution in [-0.2, 0) is 28.0 Å². The van der Waals surface area contributed by atoms with E-state index >= 15 is 0 Å². The number of hydrogen-bond acceptors (Lipinski definition) is 7. The summed E-state index contributed by atoms with van der Waals surface area (Å²) in [5.74, 6) is -0.110. The fourth-order valence-corrected chi connectivity index (χ4v) is 5.16. The highest BCUT2D eigenvalue weighted by molar-refractivity contribution is 7.88. The molecule has 1 saturated heterocycles. The van der Waals surface area contributed by atoms with Crippen LogP contribution in [0.25, 0.3) is 5.82 Å². The molecule has 0 bridgehead atoms. The number of piperidine rings is 1. The van der Waals surface area contributed by atoms with E-state index in [0.29, 0.717) is 41.6 Å². The Bertz CT molecular complexity index is 1450. The molecule has 1 fully saturated rings. The summed E-state index contributed by atoms with van der Waals surface area (Å²) < 4.78 is 64.6. The molecule has 0 aliphatic carbocycles. The molecule has 194 valence electrons. The topological polar surface area (TPSA) is 122 Å². The van der Waals surface area contributed by atoms with Gasteiger partial charge in [-0.15, -0.1) is 0 Å². The Morgan fingerprint density at radius 3 is 2.32 bits per heavy atom. The molecule has 13 heteroatoms. The second-order valence-corrected chi connectivity index (χ2v) is 10.9. The van der Waals surface area contributed by atoms with Crippen molar-refractivity contribution in [2.24, 2.45) is 0 Å². The number of pyridine rings is 2. The van der Waals surface area contributed by atoms with Gasteiger partial charge in [-0.1, -0.05) is 6.07 Å². The van der Waals surface area contributed by atoms with Crippen LogP contribution in [0.2, 0.25) is 0 Å². The number of alkyl halides is 3. The van der Waals surface area contributed by atoms with E-state index in [-0.39, 0.29) is 31.1 Å². The van der Waals surface area contributed by atoms with Crippen molar-refractivity contribution in [3.8, 4) is 11.9 Å². The quantitative estimate of drug-likeness (QED) is 0.447. The smallest absolute Gasteiger partial charge is 0.294 e. The summed E-state index contributed by atoms with van der Waals surface area (Å²) in [5.41, 5.74) is 0.0746. The maximum Gasteiger partial charge on any atom is 0.417 e. The number of carbonyl (C=O) groups excluding carboxylic acids is 1. The van der Waals surface area contributed by atoms with Crippen molar-refractivity contribution in [1.29, 1.82) is 5.26 Å². The van der Waals surface area contributed by atoms with Crippen molar-refractivity contribution in [1.82, 2.24) is 24.1 Å². The molecule has 0 radical (unpaired) electrons. The number of Topliss-reactive ketones (excluding diaryl/α,β-unsaturated/α-hetero) is 1. The zero-order valence-electron chi connectivity index (χ0n) is 20.0. The molecule has 0 N–H and O–H groups in total. The van der Waals surface area contributed by atoms with Gasteiger partial charge in [0.2, 0.25) is 10.0 Å². The number of nitriles is 1. The highest BCUT2D eigenvalue weighted by Gasteiger charge is 2.40. The van der Waals surface area contributed by atoms with Crippen LogP contribution in [0.3, 0.4) is 0 Å². The molecule has 3 aromatic rings. The van der Waals surface area contributed by atoms with E-state index in [2.05, 4.69) is 21.1 Å². The predicted octanol–water partition coefficient (Wildman–Crippen LogP) is 3.23. The summed E-state index contributed by atoms with van der Waals surface area (Å²) >= 11 is 0. The number of carbonyl (C=O) groups is 1. The second kappa shape index (κ2) is 9.68. The van der Waals surface area contributed by atoms with Gasteiger partial charge in [0.15, 0.2) is 11.6 Å². The Morgan fingerprint density at radius 1 is 1.11 bits per heavy atom. The van der Waals surface area contributed by atoms with Crippen molar-refractivity contribution >= 4 is 15.8 Å². The highest BCUT2D eigenvalue weighted by atomic mass is 32.2. The monoisotopic (exact) mass is 532 g/mol. The van der Waals surface area contributed by atoms with Gasteiger partial charge >= 0.3 is 6.18 Å². The molecule has 37 heavy (non-hydrogen) atoms. The standard InChI is InChI=1S/C24H23F3N6O3S/c1-16-19(14-31-33(16)22-6-4-18(13-30-22)24(25,26)27)20(34)11-17-3-5-21(29-12-17)23(15-28)7-9-32(10-8-23)37(2,35)36/h3-6,12-14H,7-11H2,1-2H3. The second-order valence-electron chi connectivity index (χ2n) is 8.97. The predicted molar refractivity (Wildman–Crippen MR) is 126 cm³/mol. The first-order valence-corrected chi connectivity index (χ1v) is 13.1. The van der Waals surface area contributed by atoms with E-state index in [4.69, 9.17) is 0 Å². The van der Waals surface area contributed by atoms with E-state index in [0.717, 1.165) is 12.3 Å². The van der Waals surface area contributed by atoms with Crippen LogP contribution in [0.5, 0.6) is 0 Å². The van der Waals surface area contributed by atoms with Gasteiger partial charge in [0.1, 0.15) is 5.41 Å². The first kappa shape index (κ1) is 26.4. The van der Waals surface area contributed by atoms with Crippen molar-refractivity contribution in [3.05, 3.63) is 70.9 Å². The van der Waals surface area contributed by atoms with Crippen molar-refractivity contribution in [2.75, 3.05) is 19.3 Å². The van der Waals surface area contributed by atoms with Gasteiger partial charge in [0.25, 0.3) is 0 Å². The van der Waals surface area contributed by atoms with Gasteiger partial charge in [0.05, 0.1) is 41.0 Å². The van der Waals surface area contributed by atoms with Crippen LogP contribution in [0.1, 0.15) is 45.7 Å². The molecule has 0 atom stereocenters. The molecule has 9 nitrogen and oxygen atoms in total. The average Bonchev–Trinajstić information content (AvgIpc) is 3.25. The zero-order chi connectivity index (χ0) is 27.0. The fourth-order valence-electron chi connectivity index (χ4n) is 4.31. The normalized spacial score (nSPS) is 16.3. The van der Waals surface area contributed by atoms with E-state index in [1.165, 1.54) is 27.4 Å². The maximum absolute atomic E-state index is 12.9. The van der Waals surface area contributed by atoms with Gasteiger partial charge in [-0.25, -0.2) is 22.4 Å². The first-order valence-electron chi connectivity index (χ1n) is 11.3. The third kappa shape index (κ3) is 5.40. The summed E-state index contributed by atoms with van der Waals surface area (Å²) in [6, 6.07) is 7.78. The van der Waals surface area contributed by atoms with Gasteiger partial charge < -0.3 is 0 Å². The van der Waals surface area contributed by atoms with Gasteiger partial charge in [-0.05, 0) is 43.5 Å². The molecule has 1 aliphatic heterocycles. The summed E-state index contributed by atoms with van der Waals surface area (Å²) in [4.78, 5) is 21.2. The molecule has 0 aromatic carbocycles. The lowest BCUT2D eigenvalue weighted by molar-refractivity contribution is -0.137. The SMILES string of the molecule is Cc1c(C(=O)Cc2ccc(C3(C#N)CCN(S(C)(=O)=O)CC3)nc2)cnn1-c1ccc(C(F)(F)F)cn1. The van der Waals surface area contributed by atoms with Crippen LogP contribution in [0, 0.1) is 18.3 Å². The minimum Gasteiger partial charge on any atom is -0.294 e. The van der Waals surface area contributed by atoms with Crippen molar-refractivity contribution in [3.63, 3.8) is 0 Å². The van der Waals surface area contributed by atoms with Gasteiger partial charge in [-0.3, -0.25) is 9.78 Å². The Kier molecular flexibility index (Phi) is 6.91. The number of nitrogens with zero attached hydrogens (tertiary/aromatic N) is 6. The molecule has 0 saturated carbocycles. The number of rotatable bonds is 6. The average molecular weight is 533 g/mol. The minimum absolute atomic E-state index is 0.00165. The van der Waals surface area contributed by atoms with E-state index in [1.807, 2.05) is 0 Å². The van der Waals surface area contributed by atoms with Crippen molar-refractivity contribution in [2.45, 2.75) is 37.8 Å². The van der Waals surface area contributed by atoms with Crippen LogP contribution >= 0.6 is 0 Å². The number of ketones is 1. The fraction of sp³-hybridized carbons (Fsp3) is 0.375. The molecule has 1 aliphatic rings. The van der Waals surface area contributed by atoms with E-state index < -0.39 is 27.2 Å². The molecule has 3 aromatic heterocycles. The molecule has 0 unspecified atom stereocenters. The van der Waals surface area contributed by atoms with Gasteiger partial charge in [-0.2, -0.15) is 23.5 Å². The largest absolute Gasteiger partial charge is 0.417 e. The summed E-state index contributed by atoms with van der Waals surface area (Å²) in [7, 11) is -3.33. The number of hydrogen-bond donors (Lipinski definition) is 0. The number of halogens is 3. The lowest BCUT2D eigenvalue weighted by Gasteiger charge is -2.35. The zero-order valence-corrected chi connectivity index (χ0v) is 20.8. The third-order valence-corrected chi connectivity index (χ3v) is 7.84. The van der Waals surface area contributed by atoms with Gasteiger partial charge in [0, 0.05) is 31.9 Å². The van der Waals surface area contributed by atoms with Crippen LogP contribution in [-0.4, -0.2) is 57.6 Å².